The molecular weight excluding hydrogens is 733 g/mol. The summed E-state index contributed by atoms with van der Waals surface area (Å²) >= 11 is 0. The maximum Gasteiger partial charge on any atom is 0.472 e. The van der Waals surface area contributed by atoms with E-state index >= 15 is 0 Å². The second-order valence-corrected chi connectivity index (χ2v) is 15.1. The van der Waals surface area contributed by atoms with Crippen molar-refractivity contribution in [3.63, 3.8) is 0 Å². The summed E-state index contributed by atoms with van der Waals surface area (Å²) in [7, 11) is -4.79. The van der Waals surface area contributed by atoms with Gasteiger partial charge in [-0.05, 0) is 25.7 Å². The van der Waals surface area contributed by atoms with Crippen LogP contribution in [0.2, 0.25) is 0 Å². The number of phosphoric ester groups is 1. The highest BCUT2D eigenvalue weighted by Crippen LogP contribution is 2.43. The summed E-state index contributed by atoms with van der Waals surface area (Å²) in [6.07, 6.45) is 25.6. The van der Waals surface area contributed by atoms with Gasteiger partial charge in [-0.2, -0.15) is 0 Å². The molecule has 0 saturated heterocycles. The van der Waals surface area contributed by atoms with Gasteiger partial charge in [-0.3, -0.25) is 23.4 Å². The number of hydrogen-bond acceptors (Lipinski definition) is 12. The zero-order valence-corrected chi connectivity index (χ0v) is 34.0. The number of carbonyl (C=O) groups excluding carboxylic acids is 2. The zero-order chi connectivity index (χ0) is 41.2. The topological polar surface area (TPSA) is 232 Å². The lowest BCUT2D eigenvalue weighted by Gasteiger charge is -2.20. The van der Waals surface area contributed by atoms with Gasteiger partial charge in [0.25, 0.3) is 0 Å². The van der Waals surface area contributed by atoms with E-state index in [1.165, 1.54) is 44.6 Å². The van der Waals surface area contributed by atoms with Crippen molar-refractivity contribution in [2.45, 2.75) is 166 Å². The number of rotatable bonds is 36. The molecule has 0 heterocycles. The Morgan fingerprint density at radius 2 is 1.15 bits per heavy atom. The number of phosphoric acid groups is 1. The number of aliphatic hydroxyl groups is 3. The number of esters is 2. The Morgan fingerprint density at radius 3 is 1.75 bits per heavy atom. The van der Waals surface area contributed by atoms with Crippen LogP contribution in [0.15, 0.2) is 48.6 Å². The Labute approximate surface area is 328 Å². The number of carboxylic acids is 1. The lowest BCUT2D eigenvalue weighted by molar-refractivity contribution is -0.161. The van der Waals surface area contributed by atoms with Crippen molar-refractivity contribution in [3.05, 3.63) is 48.6 Å². The molecule has 0 radical (unpaired) electrons. The third-order valence-electron chi connectivity index (χ3n) is 8.45. The van der Waals surface area contributed by atoms with Gasteiger partial charge in [0.1, 0.15) is 12.6 Å². The molecule has 0 aromatic heterocycles. The first kappa shape index (κ1) is 52.3. The fraction of sp³-hybridized carbons (Fsp3) is 0.725. The van der Waals surface area contributed by atoms with Crippen LogP contribution in [0.3, 0.4) is 0 Å². The van der Waals surface area contributed by atoms with Crippen molar-refractivity contribution in [2.24, 2.45) is 5.73 Å². The van der Waals surface area contributed by atoms with Crippen molar-refractivity contribution in [2.75, 3.05) is 19.8 Å². The van der Waals surface area contributed by atoms with Crippen LogP contribution in [-0.2, 0) is 37.5 Å². The van der Waals surface area contributed by atoms with Crippen LogP contribution in [0.4, 0.5) is 0 Å². The highest BCUT2D eigenvalue weighted by Gasteiger charge is 2.28. The SMILES string of the molecule is CCCCCCCCCCCCCC(=O)O[C@H](COC(=O)CCC[C@@H](O)[C@H](O)/C=C/C=C/C=C\C=C\[C@H](O)CCCCC)COP(=O)(O)OC[C@H](N)C(=O)O. The first-order chi connectivity index (χ1) is 26.3. The predicted octanol–water partition coefficient (Wildman–Crippen LogP) is 6.75. The molecule has 0 saturated carbocycles. The van der Waals surface area contributed by atoms with Gasteiger partial charge in [-0.25, -0.2) is 4.57 Å². The smallest absolute Gasteiger partial charge is 0.472 e. The molecule has 0 aliphatic carbocycles. The van der Waals surface area contributed by atoms with E-state index in [2.05, 4.69) is 18.4 Å². The first-order valence-corrected chi connectivity index (χ1v) is 21.5. The maximum atomic E-state index is 12.6. The molecule has 1 unspecified atom stereocenters. The summed E-state index contributed by atoms with van der Waals surface area (Å²) in [5.74, 6) is -2.75. The van der Waals surface area contributed by atoms with Crippen molar-refractivity contribution in [1.29, 1.82) is 0 Å². The van der Waals surface area contributed by atoms with E-state index in [1.54, 1.807) is 42.5 Å². The van der Waals surface area contributed by atoms with Gasteiger partial charge < -0.3 is 40.5 Å². The summed E-state index contributed by atoms with van der Waals surface area (Å²) in [5.41, 5.74) is 5.30. The van der Waals surface area contributed by atoms with Crippen molar-refractivity contribution in [1.82, 2.24) is 0 Å². The fourth-order valence-corrected chi connectivity index (χ4v) is 5.87. The average molecular weight is 804 g/mol. The van der Waals surface area contributed by atoms with Gasteiger partial charge >= 0.3 is 25.7 Å². The molecule has 318 valence electrons. The van der Waals surface area contributed by atoms with E-state index in [1.807, 2.05) is 0 Å². The minimum Gasteiger partial charge on any atom is -0.480 e. The van der Waals surface area contributed by atoms with Crippen molar-refractivity contribution in [3.8, 4) is 0 Å². The van der Waals surface area contributed by atoms with E-state index in [9.17, 15) is 39.2 Å². The van der Waals surface area contributed by atoms with Crippen LogP contribution in [0.1, 0.15) is 136 Å². The summed E-state index contributed by atoms with van der Waals surface area (Å²) in [6, 6.07) is -1.57. The predicted molar refractivity (Wildman–Crippen MR) is 212 cm³/mol. The number of allylic oxidation sites excluding steroid dienone is 6. The molecular formula is C40H70NO13P. The Balaban J connectivity index is 4.75. The molecule has 6 atom stereocenters. The number of aliphatic carboxylic acids is 1. The largest absolute Gasteiger partial charge is 0.480 e. The van der Waals surface area contributed by atoms with Crippen LogP contribution < -0.4 is 5.73 Å². The second kappa shape index (κ2) is 34.6. The van der Waals surface area contributed by atoms with Crippen LogP contribution in [-0.4, -0.2) is 93.5 Å². The van der Waals surface area contributed by atoms with E-state index in [4.69, 9.17) is 24.8 Å². The lowest BCUT2D eigenvalue weighted by Crippen LogP contribution is -2.34. The van der Waals surface area contributed by atoms with Crippen molar-refractivity contribution < 1.29 is 62.8 Å². The number of aliphatic hydroxyl groups excluding tert-OH is 3. The van der Waals surface area contributed by atoms with Crippen molar-refractivity contribution >= 4 is 25.7 Å². The number of carboxylic acid groups (broad SMARTS) is 1. The molecule has 0 aromatic carbocycles. The average Bonchev–Trinajstić information content (AvgIpc) is 3.14. The summed E-state index contributed by atoms with van der Waals surface area (Å²) in [4.78, 5) is 45.8. The van der Waals surface area contributed by atoms with Gasteiger partial charge in [0.05, 0.1) is 31.5 Å². The van der Waals surface area contributed by atoms with Gasteiger partial charge in [-0.1, -0.05) is 146 Å². The van der Waals surface area contributed by atoms with E-state index in [0.717, 1.165) is 51.4 Å². The Bertz CT molecular complexity index is 1180. The van der Waals surface area contributed by atoms with Gasteiger partial charge in [0.2, 0.25) is 0 Å². The second-order valence-electron chi connectivity index (χ2n) is 13.6. The standard InChI is InChI=1S/C40H70NO13P/c1-3-5-7-8-9-10-11-12-13-18-22-28-39(46)54-34(31-52-55(49,50)53-32-35(41)40(47)48)30-51-38(45)29-23-27-37(44)36(43)26-21-17-15-14-16-20-25-33(42)24-19-6-4-2/h14-17,20-21,25-26,33-37,42-44H,3-13,18-19,22-24,27-32,41H2,1-2H3,(H,47,48)(H,49,50)/b16-14-,17-15+,25-20+,26-21+/t33-,34-,35+,36-,37-/m1/s1. The Kier molecular flexibility index (Phi) is 32.9. The summed E-state index contributed by atoms with van der Waals surface area (Å²) < 4.78 is 32.3. The molecule has 0 aliphatic heterocycles. The van der Waals surface area contributed by atoms with Gasteiger partial charge in [0, 0.05) is 12.8 Å². The van der Waals surface area contributed by atoms with Crippen LogP contribution in [0.5, 0.6) is 0 Å². The molecule has 0 aromatic rings. The quantitative estimate of drug-likeness (QED) is 0.0167. The Morgan fingerprint density at radius 1 is 0.636 bits per heavy atom. The molecule has 7 N–H and O–H groups in total. The third-order valence-corrected chi connectivity index (χ3v) is 9.40. The number of ether oxygens (including phenoxy) is 2. The van der Waals surface area contributed by atoms with E-state index in [0.29, 0.717) is 6.42 Å². The monoisotopic (exact) mass is 803 g/mol. The molecule has 15 heteroatoms. The third kappa shape index (κ3) is 33.2. The highest BCUT2D eigenvalue weighted by molar-refractivity contribution is 7.47. The highest BCUT2D eigenvalue weighted by atomic mass is 31.2. The van der Waals surface area contributed by atoms with Gasteiger partial charge in [0.15, 0.2) is 6.10 Å². The molecule has 14 nitrogen and oxygen atoms in total. The minimum atomic E-state index is -4.79. The molecule has 0 aliphatic rings. The molecule has 0 amide bonds. The van der Waals surface area contributed by atoms with Crippen LogP contribution >= 0.6 is 7.82 Å². The first-order valence-electron chi connectivity index (χ1n) is 20.0. The van der Waals surface area contributed by atoms with Crippen LogP contribution in [0.25, 0.3) is 0 Å². The number of unbranched alkanes of at least 4 members (excludes halogenated alkanes) is 12. The van der Waals surface area contributed by atoms with E-state index in [-0.39, 0.29) is 25.7 Å². The molecule has 0 fully saturated rings. The van der Waals surface area contributed by atoms with E-state index < -0.39 is 76.0 Å². The van der Waals surface area contributed by atoms with Gasteiger partial charge in [-0.15, -0.1) is 0 Å². The van der Waals surface area contributed by atoms with Crippen LogP contribution in [0, 0.1) is 0 Å². The fourth-order valence-electron chi connectivity index (χ4n) is 5.09. The Hall–Kier alpha value is -2.68. The summed E-state index contributed by atoms with van der Waals surface area (Å²) in [5, 5.41) is 39.2. The minimum absolute atomic E-state index is 0.0829. The molecule has 55 heavy (non-hydrogen) atoms. The number of carbonyl (C=O) groups is 3. The summed E-state index contributed by atoms with van der Waals surface area (Å²) in [6.45, 7) is 2.31. The number of nitrogens with two attached hydrogens (primary N) is 1. The molecule has 0 rings (SSSR count). The normalized spacial score (nSPS) is 16.1. The number of hydrogen-bond donors (Lipinski definition) is 6. The molecule has 0 bridgehead atoms. The lowest BCUT2D eigenvalue weighted by atomic mass is 10.1. The molecule has 0 spiro atoms. The zero-order valence-electron chi connectivity index (χ0n) is 33.1. The maximum absolute atomic E-state index is 12.6.